The zero-order valence-electron chi connectivity index (χ0n) is 15.0. The van der Waals surface area contributed by atoms with Crippen LogP contribution in [-0.2, 0) is 14.3 Å². The van der Waals surface area contributed by atoms with E-state index in [0.717, 1.165) is 37.0 Å². The zero-order chi connectivity index (χ0) is 18.1. The Morgan fingerprint density at radius 1 is 1.12 bits per heavy atom. The molecule has 25 heavy (non-hydrogen) atoms. The molecule has 1 aliphatic carbocycles. The van der Waals surface area contributed by atoms with E-state index in [9.17, 15) is 9.59 Å². The van der Waals surface area contributed by atoms with Crippen LogP contribution in [0.1, 0.15) is 50.2 Å². The van der Waals surface area contributed by atoms with E-state index in [4.69, 9.17) is 9.47 Å². The van der Waals surface area contributed by atoms with E-state index in [0.29, 0.717) is 0 Å². The molecule has 2 N–H and O–H groups in total. The molecule has 1 aromatic carbocycles. The molecule has 1 aromatic rings. The van der Waals surface area contributed by atoms with E-state index < -0.39 is 11.8 Å². The Balaban J connectivity index is 1.84. The fraction of sp³-hybridized carbons (Fsp3) is 0.579. The molecule has 0 aromatic heterocycles. The molecule has 1 fully saturated rings. The fourth-order valence-electron chi connectivity index (χ4n) is 3.12. The number of carbonyl (C=O) groups is 2. The van der Waals surface area contributed by atoms with Crippen LogP contribution in [-0.4, -0.2) is 38.6 Å². The zero-order valence-corrected chi connectivity index (χ0v) is 15.0. The van der Waals surface area contributed by atoms with Crippen molar-refractivity contribution in [3.8, 4) is 5.75 Å². The van der Waals surface area contributed by atoms with Gasteiger partial charge in [0, 0.05) is 19.7 Å². The number of ether oxygens (including phenoxy) is 2. The number of hydrogen-bond acceptors (Lipinski definition) is 4. The molecular formula is C19H28N2O4. The lowest BCUT2D eigenvalue weighted by atomic mass is 10.1. The number of methoxy groups -OCH3 is 2. The van der Waals surface area contributed by atoms with Crippen molar-refractivity contribution in [1.29, 1.82) is 0 Å². The van der Waals surface area contributed by atoms with Crippen LogP contribution in [0.5, 0.6) is 5.75 Å². The van der Waals surface area contributed by atoms with Gasteiger partial charge in [-0.15, -0.1) is 0 Å². The molecule has 0 aliphatic heterocycles. The van der Waals surface area contributed by atoms with Crippen molar-refractivity contribution in [2.45, 2.75) is 50.7 Å². The van der Waals surface area contributed by atoms with Crippen molar-refractivity contribution in [3.63, 3.8) is 0 Å². The minimum absolute atomic E-state index is 0.109. The molecule has 1 unspecified atom stereocenters. The van der Waals surface area contributed by atoms with Gasteiger partial charge in [-0.2, -0.15) is 0 Å². The van der Waals surface area contributed by atoms with Crippen molar-refractivity contribution in [1.82, 2.24) is 10.6 Å². The van der Waals surface area contributed by atoms with Crippen molar-refractivity contribution >= 4 is 11.8 Å². The highest BCUT2D eigenvalue weighted by Gasteiger charge is 2.21. The van der Waals surface area contributed by atoms with Crippen LogP contribution in [0.2, 0.25) is 0 Å². The van der Waals surface area contributed by atoms with Crippen LogP contribution in [0.25, 0.3) is 0 Å². The summed E-state index contributed by atoms with van der Waals surface area (Å²) in [5, 5.41) is 5.50. The molecule has 2 amide bonds. The predicted molar refractivity (Wildman–Crippen MR) is 95.4 cm³/mol. The molecule has 138 valence electrons. The first-order valence-corrected chi connectivity index (χ1v) is 8.89. The summed E-state index contributed by atoms with van der Waals surface area (Å²) in [5.74, 6) is -0.460. The second kappa shape index (κ2) is 10.0. The minimum atomic E-state index is -0.616. The van der Waals surface area contributed by atoms with Crippen LogP contribution in [0.15, 0.2) is 24.3 Å². The molecule has 0 radical (unpaired) electrons. The molecule has 0 saturated heterocycles. The Morgan fingerprint density at radius 3 is 2.48 bits per heavy atom. The number of benzene rings is 1. The predicted octanol–water partition coefficient (Wildman–Crippen LogP) is 2.34. The Hall–Kier alpha value is -2.08. The number of nitrogens with one attached hydrogen (secondary N) is 2. The molecule has 6 heteroatoms. The van der Waals surface area contributed by atoms with Gasteiger partial charge in [0.15, 0.2) is 0 Å². The Bertz CT molecular complexity index is 568. The Morgan fingerprint density at radius 2 is 1.84 bits per heavy atom. The van der Waals surface area contributed by atoms with Crippen LogP contribution >= 0.6 is 0 Å². The molecular weight excluding hydrogens is 320 g/mol. The molecule has 6 nitrogen and oxygen atoms in total. The summed E-state index contributed by atoms with van der Waals surface area (Å²) >= 11 is 0. The van der Waals surface area contributed by atoms with E-state index in [-0.39, 0.29) is 18.7 Å². The van der Waals surface area contributed by atoms with E-state index >= 15 is 0 Å². The van der Waals surface area contributed by atoms with Gasteiger partial charge in [0.05, 0.1) is 13.2 Å². The summed E-state index contributed by atoms with van der Waals surface area (Å²) in [5.41, 5.74) is 0.881. The molecule has 0 heterocycles. The van der Waals surface area contributed by atoms with Crippen LogP contribution < -0.4 is 15.4 Å². The molecule has 1 atom stereocenters. The summed E-state index contributed by atoms with van der Waals surface area (Å²) in [6.45, 7) is 0.223. The highest BCUT2D eigenvalue weighted by Crippen LogP contribution is 2.21. The first-order valence-electron chi connectivity index (χ1n) is 8.89. The Kier molecular flexibility index (Phi) is 7.73. The van der Waals surface area contributed by atoms with E-state index in [1.807, 2.05) is 24.3 Å². The SMILES string of the molecule is COc1cccc(C(CNC(=O)C(=O)NC2CCCCCC2)OC)c1. The number of carbonyl (C=O) groups excluding carboxylic acids is 2. The molecule has 0 bridgehead atoms. The average Bonchev–Trinajstić information content (AvgIpc) is 2.90. The van der Waals surface area contributed by atoms with E-state index in [1.165, 1.54) is 12.8 Å². The highest BCUT2D eigenvalue weighted by atomic mass is 16.5. The summed E-state index contributed by atoms with van der Waals surface area (Å²) in [7, 11) is 3.17. The second-order valence-corrected chi connectivity index (χ2v) is 6.37. The maximum absolute atomic E-state index is 12.1. The van der Waals surface area contributed by atoms with Gasteiger partial charge in [-0.3, -0.25) is 9.59 Å². The smallest absolute Gasteiger partial charge is 0.309 e. The maximum atomic E-state index is 12.1. The average molecular weight is 348 g/mol. The molecule has 2 rings (SSSR count). The van der Waals surface area contributed by atoms with Gasteiger partial charge in [0.2, 0.25) is 0 Å². The van der Waals surface area contributed by atoms with Gasteiger partial charge in [0.1, 0.15) is 5.75 Å². The van der Waals surface area contributed by atoms with Crippen molar-refractivity contribution in [2.75, 3.05) is 20.8 Å². The largest absolute Gasteiger partial charge is 0.497 e. The topological polar surface area (TPSA) is 76.7 Å². The summed E-state index contributed by atoms with van der Waals surface area (Å²) in [6, 6.07) is 7.56. The lowest BCUT2D eigenvalue weighted by Gasteiger charge is -2.18. The summed E-state index contributed by atoms with van der Waals surface area (Å²) in [6.07, 6.45) is 6.17. The van der Waals surface area contributed by atoms with Gasteiger partial charge in [0.25, 0.3) is 0 Å². The Labute approximate surface area is 149 Å². The third-order valence-electron chi connectivity index (χ3n) is 4.59. The molecule has 0 spiro atoms. The quantitative estimate of drug-likeness (QED) is 0.611. The van der Waals surface area contributed by atoms with Gasteiger partial charge < -0.3 is 20.1 Å². The van der Waals surface area contributed by atoms with Gasteiger partial charge in [-0.1, -0.05) is 37.8 Å². The van der Waals surface area contributed by atoms with Crippen molar-refractivity contribution in [2.24, 2.45) is 0 Å². The number of rotatable bonds is 6. The van der Waals surface area contributed by atoms with Gasteiger partial charge >= 0.3 is 11.8 Å². The third-order valence-corrected chi connectivity index (χ3v) is 4.59. The van der Waals surface area contributed by atoms with Crippen molar-refractivity contribution < 1.29 is 19.1 Å². The standard InChI is InChI=1S/C19H28N2O4/c1-24-16-11-7-8-14(12-16)17(25-2)13-20-18(22)19(23)21-15-9-5-3-4-6-10-15/h7-8,11-12,15,17H,3-6,9-10,13H2,1-2H3,(H,20,22)(H,21,23). The van der Waals surface area contributed by atoms with Crippen molar-refractivity contribution in [3.05, 3.63) is 29.8 Å². The summed E-state index contributed by atoms with van der Waals surface area (Å²) < 4.78 is 10.6. The maximum Gasteiger partial charge on any atom is 0.309 e. The number of amides is 2. The van der Waals surface area contributed by atoms with Gasteiger partial charge in [-0.25, -0.2) is 0 Å². The second-order valence-electron chi connectivity index (χ2n) is 6.37. The normalized spacial score (nSPS) is 16.6. The summed E-state index contributed by atoms with van der Waals surface area (Å²) in [4.78, 5) is 24.2. The molecule has 1 aliphatic rings. The lowest BCUT2D eigenvalue weighted by Crippen LogP contribution is -2.45. The van der Waals surface area contributed by atoms with E-state index in [1.54, 1.807) is 14.2 Å². The highest BCUT2D eigenvalue weighted by molar-refractivity contribution is 6.35. The minimum Gasteiger partial charge on any atom is -0.497 e. The van der Waals surface area contributed by atoms with Crippen LogP contribution in [0.4, 0.5) is 0 Å². The third kappa shape index (κ3) is 6.05. The first kappa shape index (κ1) is 19.2. The number of hydrogen-bond donors (Lipinski definition) is 2. The van der Waals surface area contributed by atoms with E-state index in [2.05, 4.69) is 10.6 Å². The van der Waals surface area contributed by atoms with Crippen LogP contribution in [0, 0.1) is 0 Å². The first-order chi connectivity index (χ1) is 12.1. The van der Waals surface area contributed by atoms with Gasteiger partial charge in [-0.05, 0) is 30.5 Å². The monoisotopic (exact) mass is 348 g/mol. The van der Waals surface area contributed by atoms with Crippen LogP contribution in [0.3, 0.4) is 0 Å². The lowest BCUT2D eigenvalue weighted by molar-refractivity contribution is -0.140. The molecule has 1 saturated carbocycles. The fourth-order valence-corrected chi connectivity index (χ4v) is 3.12.